The number of aliphatic hydroxyl groups is 2. The average molecular weight is 262 g/mol. The lowest BCUT2D eigenvalue weighted by atomic mass is 9.90. The normalized spacial score (nSPS) is 17.1. The van der Waals surface area contributed by atoms with E-state index in [0.29, 0.717) is 6.20 Å². The largest absolute Gasteiger partial charge is 0.490 e. The fourth-order valence-corrected chi connectivity index (χ4v) is 1.41. The number of hydrogen-bond donors (Lipinski definition) is 4. The summed E-state index contributed by atoms with van der Waals surface area (Å²) in [4.78, 5) is 20.0. The third-order valence-corrected chi connectivity index (χ3v) is 2.53. The molecule has 0 saturated carbocycles. The Morgan fingerprint density at radius 1 is 1.33 bits per heavy atom. The minimum atomic E-state index is -1.29. The highest BCUT2D eigenvalue weighted by Gasteiger charge is 2.32. The van der Waals surface area contributed by atoms with Crippen LogP contribution in [0.1, 0.15) is 20.8 Å². The van der Waals surface area contributed by atoms with E-state index in [0.717, 1.165) is 0 Å². The van der Waals surface area contributed by atoms with Crippen LogP contribution in [0.4, 0.5) is 0 Å². The van der Waals surface area contributed by atoms with Crippen molar-refractivity contribution in [1.82, 2.24) is 5.32 Å². The summed E-state index contributed by atoms with van der Waals surface area (Å²) in [6.45, 7) is 4.70. The van der Waals surface area contributed by atoms with Gasteiger partial charge in [-0.3, -0.25) is 14.9 Å². The molecule has 0 fully saturated rings. The first-order valence-electron chi connectivity index (χ1n) is 5.38. The Hall–Kier alpha value is -1.83. The van der Waals surface area contributed by atoms with Crippen LogP contribution < -0.4 is 5.32 Å². The minimum absolute atomic E-state index is 0.232. The quantitative estimate of drug-likeness (QED) is 0.295. The summed E-state index contributed by atoms with van der Waals surface area (Å²) >= 11 is 0. The first-order valence-corrected chi connectivity index (χ1v) is 5.38. The maximum atomic E-state index is 10.8. The molecule has 104 valence electrons. The van der Waals surface area contributed by atoms with E-state index in [1.165, 1.54) is 6.92 Å². The van der Waals surface area contributed by atoms with Crippen LogP contribution in [-0.2, 0) is 4.79 Å². The van der Waals surface area contributed by atoms with Crippen LogP contribution in [0.25, 0.3) is 0 Å². The molecule has 0 aliphatic carbocycles. The zero-order valence-corrected chi connectivity index (χ0v) is 10.4. The molecule has 4 N–H and O–H groups in total. The van der Waals surface area contributed by atoms with Crippen molar-refractivity contribution in [3.05, 3.63) is 22.2 Å². The first kappa shape index (κ1) is 16.2. The van der Waals surface area contributed by atoms with Crippen LogP contribution >= 0.6 is 0 Å². The van der Waals surface area contributed by atoms with Gasteiger partial charge in [-0.15, -0.1) is 0 Å². The van der Waals surface area contributed by atoms with Crippen LogP contribution in [0.5, 0.6) is 0 Å². The van der Waals surface area contributed by atoms with E-state index in [-0.39, 0.29) is 5.92 Å². The number of aliphatic hydroxyl groups excluding tert-OH is 2. The molecule has 0 aromatic carbocycles. The van der Waals surface area contributed by atoms with Crippen molar-refractivity contribution >= 4 is 5.97 Å². The molecule has 8 heteroatoms. The number of rotatable bonds is 7. The lowest BCUT2D eigenvalue weighted by molar-refractivity contribution is -0.405. The Bertz CT molecular complexity index is 341. The lowest BCUT2D eigenvalue weighted by Gasteiger charge is -2.29. The molecular formula is C10H18N2O6. The van der Waals surface area contributed by atoms with Gasteiger partial charge in [-0.1, -0.05) is 13.8 Å². The second-order valence-corrected chi connectivity index (χ2v) is 4.33. The maximum absolute atomic E-state index is 10.8. The molecule has 0 rings (SSSR count). The molecule has 0 radical (unpaired) electrons. The Kier molecular flexibility index (Phi) is 6.11. The Labute approximate surface area is 104 Å². The van der Waals surface area contributed by atoms with Gasteiger partial charge in [0, 0.05) is 0 Å². The van der Waals surface area contributed by atoms with Crippen molar-refractivity contribution in [2.75, 3.05) is 0 Å². The number of carboxylic acid groups (broad SMARTS) is 1. The highest BCUT2D eigenvalue weighted by atomic mass is 16.6. The van der Waals surface area contributed by atoms with Gasteiger partial charge in [0.05, 0.1) is 23.0 Å². The summed E-state index contributed by atoms with van der Waals surface area (Å²) in [5.74, 6) is -3.21. The summed E-state index contributed by atoms with van der Waals surface area (Å²) in [6, 6.07) is -0.813. The average Bonchev–Trinajstić information content (AvgIpc) is 2.22. The maximum Gasteiger partial charge on any atom is 0.308 e. The topological polar surface area (TPSA) is 133 Å². The van der Waals surface area contributed by atoms with Crippen LogP contribution in [-0.4, -0.2) is 38.4 Å². The molecule has 0 heterocycles. The monoisotopic (exact) mass is 262 g/mol. The molecule has 0 amide bonds. The van der Waals surface area contributed by atoms with Gasteiger partial charge >= 0.3 is 5.97 Å². The van der Waals surface area contributed by atoms with Gasteiger partial charge in [-0.05, 0) is 12.8 Å². The molecule has 3 atom stereocenters. The summed E-state index contributed by atoms with van der Waals surface area (Å²) in [6.07, 6.45) is -0.946. The van der Waals surface area contributed by atoms with E-state index in [4.69, 9.17) is 5.11 Å². The van der Waals surface area contributed by atoms with Crippen molar-refractivity contribution in [2.45, 2.75) is 32.9 Å². The Morgan fingerprint density at radius 2 is 1.83 bits per heavy atom. The van der Waals surface area contributed by atoms with Gasteiger partial charge in [0.1, 0.15) is 0 Å². The second kappa shape index (κ2) is 6.80. The molecule has 0 saturated heterocycles. The number of carbonyl (C=O) groups is 1. The molecule has 0 aromatic rings. The fourth-order valence-electron chi connectivity index (χ4n) is 1.41. The van der Waals surface area contributed by atoms with E-state index in [2.05, 4.69) is 5.32 Å². The van der Waals surface area contributed by atoms with Gasteiger partial charge in [0.2, 0.25) is 0 Å². The van der Waals surface area contributed by atoms with E-state index >= 15 is 0 Å². The predicted molar refractivity (Wildman–Crippen MR) is 62.3 cm³/mol. The molecule has 0 spiro atoms. The third-order valence-electron chi connectivity index (χ3n) is 2.53. The Morgan fingerprint density at radius 3 is 2.17 bits per heavy atom. The fraction of sp³-hybridized carbons (Fsp3) is 0.700. The molecule has 8 nitrogen and oxygen atoms in total. The van der Waals surface area contributed by atoms with Gasteiger partial charge in [0.25, 0.3) is 12.1 Å². The Balaban J connectivity index is 4.87. The number of nitrogens with zero attached hydrogens (tertiary/aromatic N) is 1. The molecular weight excluding hydrogens is 244 g/mol. The van der Waals surface area contributed by atoms with E-state index in [1.807, 2.05) is 0 Å². The number of nitrogens with one attached hydrogen (secondary N) is 1. The van der Waals surface area contributed by atoms with Crippen LogP contribution in [0.15, 0.2) is 12.1 Å². The highest BCUT2D eigenvalue weighted by Crippen LogP contribution is 2.15. The van der Waals surface area contributed by atoms with Crippen LogP contribution in [0.3, 0.4) is 0 Å². The molecule has 0 aliphatic heterocycles. The lowest BCUT2D eigenvalue weighted by Crippen LogP contribution is -2.48. The molecule has 0 aromatic heterocycles. The molecule has 18 heavy (non-hydrogen) atoms. The van der Waals surface area contributed by atoms with Crippen LogP contribution in [0, 0.1) is 22.0 Å². The van der Waals surface area contributed by atoms with E-state index < -0.39 is 34.8 Å². The van der Waals surface area contributed by atoms with Crippen LogP contribution in [0.2, 0.25) is 0 Å². The predicted octanol–water partition coefficient (Wildman–Crippen LogP) is 0.316. The SMILES string of the molecule is CC(C)C(N/C(O)=C/[N+](=O)[O-])C(O)C(C)C(=O)O. The zero-order chi connectivity index (χ0) is 14.5. The smallest absolute Gasteiger partial charge is 0.308 e. The van der Waals surface area contributed by atoms with Gasteiger partial charge in [-0.25, -0.2) is 0 Å². The number of hydrogen-bond acceptors (Lipinski definition) is 6. The van der Waals surface area contributed by atoms with Crippen molar-refractivity contribution in [3.63, 3.8) is 0 Å². The zero-order valence-electron chi connectivity index (χ0n) is 10.4. The summed E-state index contributed by atoms with van der Waals surface area (Å²) in [5, 5.41) is 40.4. The number of aliphatic carboxylic acids is 1. The van der Waals surface area contributed by atoms with Gasteiger partial charge < -0.3 is 20.6 Å². The molecule has 3 unspecified atom stereocenters. The first-order chi connectivity index (χ1) is 8.16. The van der Waals surface area contributed by atoms with E-state index in [9.17, 15) is 25.1 Å². The van der Waals surface area contributed by atoms with Crippen molar-refractivity contribution < 1.29 is 25.0 Å². The number of nitro groups is 1. The van der Waals surface area contributed by atoms with Crippen molar-refractivity contribution in [2.24, 2.45) is 11.8 Å². The summed E-state index contributed by atoms with van der Waals surface area (Å²) < 4.78 is 0. The summed E-state index contributed by atoms with van der Waals surface area (Å²) in [7, 11) is 0. The van der Waals surface area contributed by atoms with Crippen molar-refractivity contribution in [3.8, 4) is 0 Å². The molecule has 0 bridgehead atoms. The molecule has 0 aliphatic rings. The second-order valence-electron chi connectivity index (χ2n) is 4.33. The van der Waals surface area contributed by atoms with E-state index in [1.54, 1.807) is 13.8 Å². The number of carboxylic acids is 1. The summed E-state index contributed by atoms with van der Waals surface area (Å²) in [5.41, 5.74) is 0. The third kappa shape index (κ3) is 5.00. The van der Waals surface area contributed by atoms with Gasteiger partial charge in [-0.2, -0.15) is 0 Å². The van der Waals surface area contributed by atoms with Gasteiger partial charge in [0.15, 0.2) is 0 Å². The highest BCUT2D eigenvalue weighted by molar-refractivity contribution is 5.70. The standard InChI is InChI=1S/C10H18N2O6/c1-5(2)8(9(14)6(3)10(15)16)11-7(13)4-12(17)18/h4-6,8-9,11,13-14H,1-3H3,(H,15,16)/b7-4-. The minimum Gasteiger partial charge on any atom is -0.490 e. The van der Waals surface area contributed by atoms with Crippen molar-refractivity contribution in [1.29, 1.82) is 0 Å².